The number of nitro benzene ring substituents is 1. The Morgan fingerprint density at radius 3 is 2.54 bits per heavy atom. The van der Waals surface area contributed by atoms with Crippen LogP contribution < -0.4 is 5.32 Å². The van der Waals surface area contributed by atoms with Crippen LogP contribution in [-0.2, 0) is 9.47 Å². The Hall–Kier alpha value is -2.61. The molecule has 142 valence electrons. The van der Waals surface area contributed by atoms with Crippen LogP contribution in [0.1, 0.15) is 40.2 Å². The first kappa shape index (κ1) is 19.7. The lowest BCUT2D eigenvalue weighted by Gasteiger charge is -2.34. The van der Waals surface area contributed by atoms with Crippen LogP contribution in [0.15, 0.2) is 30.5 Å². The van der Waals surface area contributed by atoms with E-state index in [0.717, 1.165) is 5.56 Å². The zero-order valence-corrected chi connectivity index (χ0v) is 15.7. The minimum atomic E-state index is -0.790. The molecule has 0 saturated carbocycles. The van der Waals surface area contributed by atoms with Crippen LogP contribution in [0.5, 0.6) is 0 Å². The van der Waals surface area contributed by atoms with E-state index in [1.54, 1.807) is 38.3 Å². The summed E-state index contributed by atoms with van der Waals surface area (Å²) in [7, 11) is 0. The zero-order chi connectivity index (χ0) is 19.5. The molecule has 0 aromatic heterocycles. The molecule has 1 aromatic rings. The van der Waals surface area contributed by atoms with Gasteiger partial charge in [0, 0.05) is 12.1 Å². The second-order valence-electron chi connectivity index (χ2n) is 7.47. The number of nitrogens with one attached hydrogen (secondary N) is 1. The van der Waals surface area contributed by atoms with Crippen LogP contribution in [0, 0.1) is 10.1 Å². The average Bonchev–Trinajstić information content (AvgIpc) is 2.81. The molecule has 0 aliphatic carbocycles. The molecule has 8 nitrogen and oxygen atoms in total. The van der Waals surface area contributed by atoms with Crippen molar-refractivity contribution >= 4 is 17.9 Å². The normalized spacial score (nSPS) is 19.6. The highest BCUT2D eigenvalue weighted by Gasteiger charge is 2.45. The number of non-ortho nitro benzene ring substituents is 1. The number of hydrogen-bond donors (Lipinski definition) is 1. The second-order valence-corrected chi connectivity index (χ2v) is 7.47. The summed E-state index contributed by atoms with van der Waals surface area (Å²) in [5.74, 6) is 0. The van der Waals surface area contributed by atoms with Crippen LogP contribution in [0.3, 0.4) is 0 Å². The first-order valence-corrected chi connectivity index (χ1v) is 8.33. The third-order valence-corrected chi connectivity index (χ3v) is 3.74. The Balaban J connectivity index is 2.04. The van der Waals surface area contributed by atoms with Gasteiger partial charge < -0.3 is 14.8 Å². The molecule has 1 fully saturated rings. The summed E-state index contributed by atoms with van der Waals surface area (Å²) in [6.45, 7) is 9.36. The molecule has 0 unspecified atom stereocenters. The summed E-state index contributed by atoms with van der Waals surface area (Å²) in [4.78, 5) is 24.3. The molecule has 1 aliphatic rings. The number of carbonyl (C=O) groups excluding carboxylic acids is 1. The monoisotopic (exact) mass is 363 g/mol. The summed E-state index contributed by atoms with van der Waals surface area (Å²) < 4.78 is 11.2. The number of benzene rings is 1. The first-order valence-electron chi connectivity index (χ1n) is 8.33. The number of carbonyl (C=O) groups is 1. The molecule has 1 saturated heterocycles. The molecule has 26 heavy (non-hydrogen) atoms. The van der Waals surface area contributed by atoms with E-state index in [4.69, 9.17) is 9.47 Å². The van der Waals surface area contributed by atoms with E-state index in [9.17, 15) is 14.9 Å². The van der Waals surface area contributed by atoms with Crippen molar-refractivity contribution in [3.8, 4) is 0 Å². The molecule has 0 spiro atoms. The van der Waals surface area contributed by atoms with Crippen molar-refractivity contribution in [2.45, 2.75) is 52.1 Å². The summed E-state index contributed by atoms with van der Waals surface area (Å²) >= 11 is 0. The number of nitrogens with zero attached hydrogens (tertiary/aromatic N) is 2. The minimum absolute atomic E-state index is 0.0390. The highest BCUT2D eigenvalue weighted by Crippen LogP contribution is 2.28. The van der Waals surface area contributed by atoms with Gasteiger partial charge in [0.25, 0.3) is 5.69 Å². The van der Waals surface area contributed by atoms with Gasteiger partial charge in [-0.05, 0) is 64.6 Å². The number of hydrogen-bond acceptors (Lipinski definition) is 6. The van der Waals surface area contributed by atoms with Gasteiger partial charge in [-0.15, -0.1) is 0 Å². The van der Waals surface area contributed by atoms with E-state index in [-0.39, 0.29) is 11.9 Å². The number of rotatable bonds is 4. The van der Waals surface area contributed by atoms with Crippen LogP contribution in [0.4, 0.5) is 10.5 Å². The summed E-state index contributed by atoms with van der Waals surface area (Å²) in [5, 5.41) is 13.8. The third-order valence-electron chi connectivity index (χ3n) is 3.74. The van der Waals surface area contributed by atoms with Gasteiger partial charge in [0.05, 0.1) is 11.5 Å². The van der Waals surface area contributed by atoms with Crippen LogP contribution in [-0.4, -0.2) is 40.0 Å². The SMILES string of the molecule is CC(C)(C)OC(=O)N1[C@@H](N/C=C/c2ccc([N+](=O)[O-])cc2)COC1(C)C. The van der Waals surface area contributed by atoms with Crippen LogP contribution >= 0.6 is 0 Å². The van der Waals surface area contributed by atoms with E-state index in [2.05, 4.69) is 5.32 Å². The molecule has 1 atom stereocenters. The van der Waals surface area contributed by atoms with E-state index in [1.807, 2.05) is 20.8 Å². The quantitative estimate of drug-likeness (QED) is 0.650. The third kappa shape index (κ3) is 4.95. The molecule has 1 amide bonds. The van der Waals surface area contributed by atoms with Crippen molar-refractivity contribution in [2.24, 2.45) is 0 Å². The van der Waals surface area contributed by atoms with E-state index in [1.165, 1.54) is 17.0 Å². The Morgan fingerprint density at radius 2 is 2.00 bits per heavy atom. The lowest BCUT2D eigenvalue weighted by molar-refractivity contribution is -0.384. The van der Waals surface area contributed by atoms with Crippen molar-refractivity contribution in [3.63, 3.8) is 0 Å². The Labute approximate surface area is 152 Å². The smallest absolute Gasteiger partial charge is 0.414 e. The van der Waals surface area contributed by atoms with Gasteiger partial charge >= 0.3 is 6.09 Å². The molecule has 1 N–H and O–H groups in total. The fraction of sp³-hybridized carbons (Fsp3) is 0.500. The van der Waals surface area contributed by atoms with Crippen LogP contribution in [0.2, 0.25) is 0 Å². The molecule has 2 rings (SSSR count). The molecule has 8 heteroatoms. The van der Waals surface area contributed by atoms with E-state index >= 15 is 0 Å². The fourth-order valence-corrected chi connectivity index (χ4v) is 2.55. The Kier molecular flexibility index (Phi) is 5.56. The largest absolute Gasteiger partial charge is 0.444 e. The zero-order valence-electron chi connectivity index (χ0n) is 15.7. The average molecular weight is 363 g/mol. The highest BCUT2D eigenvalue weighted by molar-refractivity contribution is 5.69. The summed E-state index contributed by atoms with van der Waals surface area (Å²) in [5.41, 5.74) is -0.557. The first-order chi connectivity index (χ1) is 12.0. The van der Waals surface area contributed by atoms with Crippen molar-refractivity contribution in [3.05, 3.63) is 46.1 Å². The van der Waals surface area contributed by atoms with E-state index < -0.39 is 22.3 Å². The molecular weight excluding hydrogens is 338 g/mol. The molecular formula is C18H25N3O5. The predicted molar refractivity (Wildman–Crippen MR) is 97.2 cm³/mol. The summed E-state index contributed by atoms with van der Waals surface area (Å²) in [6.07, 6.45) is 2.62. The fourth-order valence-electron chi connectivity index (χ4n) is 2.55. The number of nitro groups is 1. The molecule has 0 radical (unpaired) electrons. The molecule has 0 bridgehead atoms. The van der Waals surface area contributed by atoms with Gasteiger partial charge in [-0.25, -0.2) is 4.79 Å². The van der Waals surface area contributed by atoms with Gasteiger partial charge in [0.15, 0.2) is 0 Å². The van der Waals surface area contributed by atoms with Crippen LogP contribution in [0.25, 0.3) is 6.08 Å². The van der Waals surface area contributed by atoms with Gasteiger partial charge in [-0.3, -0.25) is 15.0 Å². The number of amides is 1. The van der Waals surface area contributed by atoms with Gasteiger partial charge in [0.1, 0.15) is 17.5 Å². The molecule has 1 heterocycles. The Morgan fingerprint density at radius 1 is 1.38 bits per heavy atom. The lowest BCUT2D eigenvalue weighted by Crippen LogP contribution is -2.53. The minimum Gasteiger partial charge on any atom is -0.444 e. The maximum atomic E-state index is 12.5. The number of ether oxygens (including phenoxy) is 2. The topological polar surface area (TPSA) is 93.9 Å². The predicted octanol–water partition coefficient (Wildman–Crippen LogP) is 3.48. The van der Waals surface area contributed by atoms with Crippen molar-refractivity contribution in [1.82, 2.24) is 10.2 Å². The van der Waals surface area contributed by atoms with Crippen molar-refractivity contribution in [1.29, 1.82) is 0 Å². The van der Waals surface area contributed by atoms with Gasteiger partial charge in [-0.1, -0.05) is 0 Å². The van der Waals surface area contributed by atoms with Gasteiger partial charge in [0.2, 0.25) is 0 Å². The van der Waals surface area contributed by atoms with Gasteiger partial charge in [-0.2, -0.15) is 0 Å². The van der Waals surface area contributed by atoms with Crippen molar-refractivity contribution < 1.29 is 19.2 Å². The van der Waals surface area contributed by atoms with Crippen molar-refractivity contribution in [2.75, 3.05) is 6.61 Å². The maximum absolute atomic E-state index is 12.5. The Bertz CT molecular complexity index is 692. The molecule has 1 aromatic carbocycles. The lowest BCUT2D eigenvalue weighted by atomic mass is 10.2. The molecule has 1 aliphatic heterocycles. The second kappa shape index (κ2) is 7.33. The highest BCUT2D eigenvalue weighted by atomic mass is 16.6. The summed E-state index contributed by atoms with van der Waals surface area (Å²) in [6, 6.07) is 6.18. The maximum Gasteiger partial charge on any atom is 0.414 e. The standard InChI is InChI=1S/C18H25N3O5/c1-17(2,3)26-16(22)20-15(12-25-18(20,4)5)19-11-10-13-6-8-14(9-7-13)21(23)24/h6-11,15,19H,12H2,1-5H3/b11-10+/t15-/m1/s1. The van der Waals surface area contributed by atoms with E-state index in [0.29, 0.717) is 6.61 Å².